The lowest BCUT2D eigenvalue weighted by molar-refractivity contribution is 0.0967. The van der Waals surface area contributed by atoms with Crippen LogP contribution in [-0.4, -0.2) is 38.0 Å². The monoisotopic (exact) mass is 397 g/mol. The van der Waals surface area contributed by atoms with Crippen molar-refractivity contribution in [2.45, 2.75) is 20.8 Å². The largest absolute Gasteiger partial charge is 0.394 e. The molecule has 8 heteroatoms. The molecule has 1 aromatic carbocycles. The van der Waals surface area contributed by atoms with E-state index in [2.05, 4.69) is 31.7 Å². The van der Waals surface area contributed by atoms with E-state index in [9.17, 15) is 0 Å². The molecule has 0 spiro atoms. The Kier molecular flexibility index (Phi) is 8.09. The second kappa shape index (κ2) is 10.5. The number of hydrogen-bond acceptors (Lipinski definition) is 6. The lowest BCUT2D eigenvalue weighted by Gasteiger charge is -2.23. The summed E-state index contributed by atoms with van der Waals surface area (Å²) in [5, 5.41) is 18.3. The third kappa shape index (κ3) is 5.14. The normalized spacial score (nSPS) is 10.8. The molecule has 146 valence electrons. The van der Waals surface area contributed by atoms with Crippen LogP contribution in [0.1, 0.15) is 18.1 Å². The minimum Gasteiger partial charge on any atom is -0.394 e. The molecule has 0 saturated heterocycles. The summed E-state index contributed by atoms with van der Waals surface area (Å²) in [5.41, 5.74) is 3.82. The Hall–Kier alpha value is -2.78. The van der Waals surface area contributed by atoms with Gasteiger partial charge in [-0.2, -0.15) is 10.2 Å². The van der Waals surface area contributed by atoms with Gasteiger partial charge in [0.1, 0.15) is 5.00 Å². The summed E-state index contributed by atoms with van der Waals surface area (Å²) in [6.07, 6.45) is 0. The summed E-state index contributed by atoms with van der Waals surface area (Å²) in [6, 6.07) is 5.93. The summed E-state index contributed by atoms with van der Waals surface area (Å²) < 4.78 is 5.35. The topological polar surface area (TPSA) is 66.1 Å². The second-order valence-electron chi connectivity index (χ2n) is 6.00. The van der Waals surface area contributed by atoms with Crippen LogP contribution >= 0.6 is 11.3 Å². The zero-order chi connectivity index (χ0) is 20.5. The molecule has 0 aliphatic heterocycles. The number of aryl methyl sites for hydroxylation is 1. The van der Waals surface area contributed by atoms with Crippen molar-refractivity contribution in [1.29, 1.82) is 0 Å². The van der Waals surface area contributed by atoms with Crippen molar-refractivity contribution < 1.29 is 9.84 Å². The van der Waals surface area contributed by atoms with E-state index in [1.807, 2.05) is 25.1 Å². The van der Waals surface area contributed by atoms with Crippen LogP contribution < -0.4 is 4.90 Å². The molecule has 1 heterocycles. The molecule has 0 aliphatic rings. The van der Waals surface area contributed by atoms with Crippen LogP contribution in [0.5, 0.6) is 0 Å². The zero-order valence-electron chi connectivity index (χ0n) is 16.3. The first-order chi connectivity index (χ1) is 13.5. The number of benzene rings is 1. The Morgan fingerprint density at radius 3 is 2.57 bits per heavy atom. The Balaban J connectivity index is 2.18. The third-order valence-electron chi connectivity index (χ3n) is 4.20. The summed E-state index contributed by atoms with van der Waals surface area (Å²) in [6.45, 7) is 22.8. The SMILES string of the molecule is [C-]#[N+]c1sc(N=Nc2ccc(N(CC)CCOCCO)cc2C)c([N+]#[C-])c1C. The fraction of sp³-hybridized carbons (Fsp3) is 0.400. The van der Waals surface area contributed by atoms with E-state index in [1.54, 1.807) is 6.92 Å². The van der Waals surface area contributed by atoms with Crippen molar-refractivity contribution in [3.8, 4) is 0 Å². The van der Waals surface area contributed by atoms with Gasteiger partial charge in [0.2, 0.25) is 10.7 Å². The van der Waals surface area contributed by atoms with Crippen molar-refractivity contribution in [3.63, 3.8) is 0 Å². The van der Waals surface area contributed by atoms with E-state index in [4.69, 9.17) is 23.0 Å². The van der Waals surface area contributed by atoms with Crippen molar-refractivity contribution in [3.05, 3.63) is 52.2 Å². The number of likely N-dealkylation sites (N-methyl/N-ethyl adjacent to an activating group) is 1. The number of aliphatic hydroxyl groups excluding tert-OH is 1. The van der Waals surface area contributed by atoms with Crippen LogP contribution in [0.4, 0.5) is 27.1 Å². The van der Waals surface area contributed by atoms with Gasteiger partial charge in [0.25, 0.3) is 0 Å². The molecule has 1 N–H and O–H groups in total. The number of azo groups is 1. The second-order valence-corrected chi connectivity index (χ2v) is 6.97. The Morgan fingerprint density at radius 2 is 1.96 bits per heavy atom. The quantitative estimate of drug-likeness (QED) is 0.334. The molecule has 28 heavy (non-hydrogen) atoms. The summed E-state index contributed by atoms with van der Waals surface area (Å²) in [4.78, 5) is 9.12. The number of ether oxygens (including phenoxy) is 1. The van der Waals surface area contributed by atoms with Gasteiger partial charge in [0, 0.05) is 18.8 Å². The predicted octanol–water partition coefficient (Wildman–Crippen LogP) is 5.72. The van der Waals surface area contributed by atoms with Crippen LogP contribution in [-0.2, 0) is 4.74 Å². The predicted molar refractivity (Wildman–Crippen MR) is 113 cm³/mol. The average Bonchev–Trinajstić information content (AvgIpc) is 3.01. The van der Waals surface area contributed by atoms with E-state index in [-0.39, 0.29) is 6.61 Å². The molecule has 0 unspecified atom stereocenters. The smallest absolute Gasteiger partial charge is 0.234 e. The summed E-state index contributed by atoms with van der Waals surface area (Å²) >= 11 is 1.19. The Labute approximate surface area is 169 Å². The molecular weight excluding hydrogens is 374 g/mol. The number of hydrogen-bond donors (Lipinski definition) is 1. The van der Waals surface area contributed by atoms with Gasteiger partial charge in [-0.15, -0.1) is 11.3 Å². The van der Waals surface area contributed by atoms with E-state index in [0.717, 1.165) is 30.0 Å². The van der Waals surface area contributed by atoms with E-state index >= 15 is 0 Å². The summed E-state index contributed by atoms with van der Waals surface area (Å²) in [5.74, 6) is 0. The Bertz CT molecular complexity index is 924. The number of nitrogens with zero attached hydrogens (tertiary/aromatic N) is 5. The highest BCUT2D eigenvalue weighted by atomic mass is 32.1. The molecular formula is C20H23N5O2S. The first-order valence-electron chi connectivity index (χ1n) is 8.89. The van der Waals surface area contributed by atoms with Gasteiger partial charge in [-0.25, -0.2) is 9.69 Å². The van der Waals surface area contributed by atoms with Crippen LogP contribution in [0.2, 0.25) is 0 Å². The molecule has 1 aromatic heterocycles. The average molecular weight is 398 g/mol. The van der Waals surface area contributed by atoms with Gasteiger partial charge in [0.05, 0.1) is 38.7 Å². The van der Waals surface area contributed by atoms with Crippen molar-refractivity contribution in [1.82, 2.24) is 0 Å². The minimum atomic E-state index is 0.0291. The van der Waals surface area contributed by atoms with Gasteiger partial charge < -0.3 is 14.7 Å². The molecule has 0 aliphatic carbocycles. The van der Waals surface area contributed by atoms with Crippen LogP contribution in [0.3, 0.4) is 0 Å². The fourth-order valence-electron chi connectivity index (χ4n) is 2.64. The molecule has 0 atom stereocenters. The standard InChI is InChI=1S/C20H23N5O2S/c1-6-25(9-11-27-12-10-26)16-7-8-17(14(2)13-16)23-24-20-18(21-4)15(3)19(22-5)28-20/h7-8,13,26H,6,9-12H2,1-3H3. The zero-order valence-corrected chi connectivity index (χ0v) is 17.1. The van der Waals surface area contributed by atoms with Crippen LogP contribution in [0.25, 0.3) is 9.69 Å². The van der Waals surface area contributed by atoms with Gasteiger partial charge in [0.15, 0.2) is 0 Å². The van der Waals surface area contributed by atoms with Gasteiger partial charge in [-0.1, -0.05) is 6.92 Å². The highest BCUT2D eigenvalue weighted by molar-refractivity contribution is 7.20. The third-order valence-corrected chi connectivity index (χ3v) is 5.26. The first-order valence-corrected chi connectivity index (χ1v) is 9.71. The summed E-state index contributed by atoms with van der Waals surface area (Å²) in [7, 11) is 0. The maximum Gasteiger partial charge on any atom is 0.234 e. The van der Waals surface area contributed by atoms with Crippen molar-refractivity contribution >= 4 is 38.4 Å². The number of aliphatic hydroxyl groups is 1. The molecule has 0 radical (unpaired) electrons. The molecule has 0 amide bonds. The molecule has 2 rings (SSSR count). The highest BCUT2D eigenvalue weighted by Gasteiger charge is 2.15. The molecule has 0 fully saturated rings. The van der Waals surface area contributed by atoms with E-state index in [0.29, 0.717) is 34.5 Å². The number of rotatable bonds is 9. The van der Waals surface area contributed by atoms with Gasteiger partial charge >= 0.3 is 0 Å². The highest BCUT2D eigenvalue weighted by Crippen LogP contribution is 2.47. The van der Waals surface area contributed by atoms with Crippen molar-refractivity contribution in [2.75, 3.05) is 37.8 Å². The first kappa shape index (κ1) is 21.5. The fourth-order valence-corrected chi connectivity index (χ4v) is 3.50. The van der Waals surface area contributed by atoms with Crippen molar-refractivity contribution in [2.24, 2.45) is 10.2 Å². The molecule has 7 nitrogen and oxygen atoms in total. The number of thiophene rings is 1. The maximum absolute atomic E-state index is 8.78. The molecule has 0 saturated carbocycles. The molecule has 0 bridgehead atoms. The maximum atomic E-state index is 8.78. The van der Waals surface area contributed by atoms with Gasteiger partial charge in [-0.3, -0.25) is 0 Å². The Morgan fingerprint density at radius 1 is 1.18 bits per heavy atom. The van der Waals surface area contributed by atoms with E-state index in [1.165, 1.54) is 11.3 Å². The minimum absolute atomic E-state index is 0.0291. The lowest BCUT2D eigenvalue weighted by Crippen LogP contribution is -2.27. The van der Waals surface area contributed by atoms with Crippen LogP contribution in [0, 0.1) is 27.0 Å². The van der Waals surface area contributed by atoms with Gasteiger partial charge in [-0.05, 0) is 43.2 Å². The molecule has 2 aromatic rings. The van der Waals surface area contributed by atoms with Crippen LogP contribution in [0.15, 0.2) is 28.4 Å². The lowest BCUT2D eigenvalue weighted by atomic mass is 10.1. The van der Waals surface area contributed by atoms with E-state index < -0.39 is 0 Å². The number of anilines is 1.